The van der Waals surface area contributed by atoms with Gasteiger partial charge in [-0.25, -0.2) is 0 Å². The minimum atomic E-state index is -2.11. The molecule has 0 fully saturated rings. The number of carbonyl (C=O) groups is 1. The third kappa shape index (κ3) is 9.14. The number of Topliss-reactive ketones (excluding diaryl/α,β-unsaturated/α-hetero) is 1. The molecule has 0 saturated heterocycles. The standard InChI is InChI=1S/C38H49O2P/c1-31(2)32(3)33(4)38(40)37(39)29-21-10-8-6-5-7-9-11-22-30-41(34-23-15-12-16-24-34,35-25-17-13-18-26-35)36-27-19-14-20-28-36/h12-20,23-28,40-41H,1,3,5-11,21-22,29-30H2,2,4H3/b38-33+. The Labute approximate surface area is 249 Å². The molecule has 3 heteroatoms. The molecule has 0 radical (unpaired) electrons. The monoisotopic (exact) mass is 568 g/mol. The number of ketones is 1. The van der Waals surface area contributed by atoms with E-state index < -0.39 is 7.26 Å². The Balaban J connectivity index is 1.44. The van der Waals surface area contributed by atoms with Crippen molar-refractivity contribution in [1.82, 2.24) is 0 Å². The van der Waals surface area contributed by atoms with E-state index in [0.717, 1.165) is 24.8 Å². The van der Waals surface area contributed by atoms with Gasteiger partial charge in [0.25, 0.3) is 0 Å². The summed E-state index contributed by atoms with van der Waals surface area (Å²) in [7, 11) is -2.11. The van der Waals surface area contributed by atoms with E-state index in [1.165, 1.54) is 60.6 Å². The number of rotatable bonds is 18. The van der Waals surface area contributed by atoms with Crippen LogP contribution in [0.3, 0.4) is 0 Å². The molecule has 0 aliphatic carbocycles. The summed E-state index contributed by atoms with van der Waals surface area (Å²) >= 11 is 0. The molecule has 1 N–H and O–H groups in total. The summed E-state index contributed by atoms with van der Waals surface area (Å²) in [5.41, 5.74) is 1.95. The molecule has 218 valence electrons. The summed E-state index contributed by atoms with van der Waals surface area (Å²) in [5, 5.41) is 14.7. The van der Waals surface area contributed by atoms with Gasteiger partial charge in [0.15, 0.2) is 5.76 Å². The Morgan fingerprint density at radius 2 is 0.976 bits per heavy atom. The van der Waals surface area contributed by atoms with Gasteiger partial charge in [0.1, 0.15) is 0 Å². The van der Waals surface area contributed by atoms with Crippen molar-refractivity contribution in [2.45, 2.75) is 78.1 Å². The number of hydrogen-bond donors (Lipinski definition) is 1. The van der Waals surface area contributed by atoms with E-state index in [1.807, 2.05) is 6.92 Å². The van der Waals surface area contributed by atoms with Crippen LogP contribution in [0.2, 0.25) is 0 Å². The molecule has 0 heterocycles. The number of carbonyl (C=O) groups excluding carboxylic acids is 1. The van der Waals surface area contributed by atoms with E-state index in [1.54, 1.807) is 6.92 Å². The topological polar surface area (TPSA) is 37.3 Å². The van der Waals surface area contributed by atoms with Crippen LogP contribution in [0.15, 0.2) is 127 Å². The van der Waals surface area contributed by atoms with Crippen molar-refractivity contribution in [3.05, 3.63) is 127 Å². The van der Waals surface area contributed by atoms with Crippen molar-refractivity contribution in [3.63, 3.8) is 0 Å². The molecule has 3 rings (SSSR count). The molecule has 0 aromatic heterocycles. The van der Waals surface area contributed by atoms with Crippen LogP contribution in [0.4, 0.5) is 0 Å². The second-order valence-corrected chi connectivity index (χ2v) is 15.4. The van der Waals surface area contributed by atoms with Gasteiger partial charge in [-0.15, -0.1) is 0 Å². The molecular formula is C38H49O2P. The zero-order chi connectivity index (χ0) is 29.5. The molecule has 3 aromatic carbocycles. The Bertz CT molecular complexity index is 1180. The molecule has 3 aromatic rings. The SMILES string of the molecule is C=C(C)C(=C)/C(C)=C(/O)C(=O)CCCCCCCCCCC[PH](c1ccccc1)(c1ccccc1)c1ccccc1. The van der Waals surface area contributed by atoms with Gasteiger partial charge in [-0.1, -0.05) is 18.7 Å². The average Bonchev–Trinajstić information content (AvgIpc) is 3.01. The zero-order valence-corrected chi connectivity index (χ0v) is 26.2. The first-order valence-electron chi connectivity index (χ1n) is 15.3. The van der Waals surface area contributed by atoms with Gasteiger partial charge in [0.05, 0.1) is 0 Å². The van der Waals surface area contributed by atoms with E-state index in [4.69, 9.17) is 0 Å². The van der Waals surface area contributed by atoms with Crippen LogP contribution in [0.25, 0.3) is 0 Å². The van der Waals surface area contributed by atoms with Crippen LogP contribution in [-0.2, 0) is 4.79 Å². The first-order chi connectivity index (χ1) is 19.9. The third-order valence-corrected chi connectivity index (χ3v) is 13.4. The second kappa shape index (κ2) is 16.9. The van der Waals surface area contributed by atoms with Crippen molar-refractivity contribution >= 4 is 29.0 Å². The van der Waals surface area contributed by atoms with Crippen LogP contribution in [0.5, 0.6) is 0 Å². The third-order valence-electron chi connectivity index (χ3n) is 8.34. The second-order valence-electron chi connectivity index (χ2n) is 11.3. The molecule has 0 saturated carbocycles. The van der Waals surface area contributed by atoms with Crippen molar-refractivity contribution in [3.8, 4) is 0 Å². The quantitative estimate of drug-likeness (QED) is 0.0546. The van der Waals surface area contributed by atoms with E-state index >= 15 is 0 Å². The molecule has 0 spiro atoms. The average molecular weight is 569 g/mol. The summed E-state index contributed by atoms with van der Waals surface area (Å²) in [6.07, 6.45) is 12.1. The van der Waals surface area contributed by atoms with Gasteiger partial charge in [-0.05, 0) is 19.4 Å². The van der Waals surface area contributed by atoms with E-state index in [2.05, 4.69) is 104 Å². The van der Waals surface area contributed by atoms with Crippen LogP contribution in [0.1, 0.15) is 78.1 Å². The molecular weight excluding hydrogens is 519 g/mol. The molecule has 0 aliphatic rings. The van der Waals surface area contributed by atoms with Gasteiger partial charge in [0.2, 0.25) is 0 Å². The van der Waals surface area contributed by atoms with Crippen molar-refractivity contribution < 1.29 is 9.90 Å². The number of aliphatic hydroxyl groups excluding tert-OH is 1. The van der Waals surface area contributed by atoms with Gasteiger partial charge in [0, 0.05) is 5.57 Å². The fourth-order valence-corrected chi connectivity index (χ4v) is 10.7. The van der Waals surface area contributed by atoms with Gasteiger partial charge in [-0.2, -0.15) is 0 Å². The number of benzene rings is 3. The summed E-state index contributed by atoms with van der Waals surface area (Å²) in [5.74, 6) is -0.345. The molecule has 0 unspecified atom stereocenters. The summed E-state index contributed by atoms with van der Waals surface area (Å²) < 4.78 is 0. The first-order valence-corrected chi connectivity index (χ1v) is 17.5. The Hall–Kier alpha value is -3.22. The number of unbranched alkanes of at least 4 members (excludes halogenated alkanes) is 8. The van der Waals surface area contributed by atoms with E-state index in [-0.39, 0.29) is 11.5 Å². The van der Waals surface area contributed by atoms with E-state index in [9.17, 15) is 9.90 Å². The normalized spacial score (nSPS) is 12.4. The maximum absolute atomic E-state index is 12.3. The number of aliphatic hydroxyl groups is 1. The van der Waals surface area contributed by atoms with Crippen LogP contribution < -0.4 is 15.9 Å². The van der Waals surface area contributed by atoms with Crippen molar-refractivity contribution in [2.24, 2.45) is 0 Å². The number of hydrogen-bond acceptors (Lipinski definition) is 2. The van der Waals surface area contributed by atoms with Crippen molar-refractivity contribution in [1.29, 1.82) is 0 Å². The predicted octanol–water partition coefficient (Wildman–Crippen LogP) is 9.15. The Morgan fingerprint density at radius 1 is 0.610 bits per heavy atom. The molecule has 0 amide bonds. The van der Waals surface area contributed by atoms with Gasteiger partial charge in [-0.3, -0.25) is 4.79 Å². The van der Waals surface area contributed by atoms with Crippen molar-refractivity contribution in [2.75, 3.05) is 6.16 Å². The Morgan fingerprint density at radius 3 is 1.37 bits per heavy atom. The van der Waals surface area contributed by atoms with E-state index in [0.29, 0.717) is 17.6 Å². The van der Waals surface area contributed by atoms with Gasteiger partial charge < -0.3 is 5.11 Å². The fourth-order valence-electron chi connectivity index (χ4n) is 5.80. The first kappa shape index (κ1) is 32.3. The van der Waals surface area contributed by atoms with Crippen LogP contribution in [-0.4, -0.2) is 17.1 Å². The molecule has 0 aliphatic heterocycles. The molecule has 2 nitrogen and oxygen atoms in total. The Kier molecular flexibility index (Phi) is 13.3. The maximum atomic E-state index is 12.3. The summed E-state index contributed by atoms with van der Waals surface area (Å²) in [6, 6.07) is 33.6. The van der Waals surface area contributed by atoms with Crippen LogP contribution in [0, 0.1) is 0 Å². The predicted molar refractivity (Wildman–Crippen MR) is 182 cm³/mol. The molecule has 41 heavy (non-hydrogen) atoms. The summed E-state index contributed by atoms with van der Waals surface area (Å²) in [6.45, 7) is 11.3. The fraction of sp³-hybridized carbons (Fsp3) is 0.342. The molecule has 0 bridgehead atoms. The van der Waals surface area contributed by atoms with Gasteiger partial charge >= 0.3 is 190 Å². The minimum absolute atomic E-state index is 0.156. The van der Waals surface area contributed by atoms with Crippen LogP contribution >= 0.6 is 7.26 Å². The summed E-state index contributed by atoms with van der Waals surface area (Å²) in [4.78, 5) is 12.3. The zero-order valence-electron chi connectivity index (χ0n) is 25.2. The number of allylic oxidation sites excluding steroid dienone is 4. The molecule has 0 atom stereocenters.